The molecule has 1 heterocycles. The molecule has 0 aromatic heterocycles. The lowest BCUT2D eigenvalue weighted by Gasteiger charge is -2.24. The van der Waals surface area contributed by atoms with E-state index in [1.807, 2.05) is 43.3 Å². The predicted octanol–water partition coefficient (Wildman–Crippen LogP) is 2.31. The number of nitrogens with zero attached hydrogens (tertiary/aromatic N) is 1. The van der Waals surface area contributed by atoms with Crippen molar-refractivity contribution < 1.29 is 9.53 Å². The number of amides is 1. The maximum atomic E-state index is 12.0. The van der Waals surface area contributed by atoms with Crippen LogP contribution < -0.4 is 16.2 Å². The number of nitrogens with two attached hydrogens (primary N) is 2. The third-order valence-electron chi connectivity index (χ3n) is 3.55. The predicted molar refractivity (Wildman–Crippen MR) is 90.2 cm³/mol. The summed E-state index contributed by atoms with van der Waals surface area (Å²) in [6.07, 6.45) is 1.99. The van der Waals surface area contributed by atoms with Crippen LogP contribution in [0.5, 0.6) is 5.75 Å². The summed E-state index contributed by atoms with van der Waals surface area (Å²) >= 11 is 0. The highest BCUT2D eigenvalue weighted by molar-refractivity contribution is 6.03. The SMILES string of the molecule is CC1C=C(c2ccccc2)c2cc(C(=O)N=C(N)N)ccc2O1. The minimum Gasteiger partial charge on any atom is -0.486 e. The normalized spacial score (nSPS) is 15.9. The van der Waals surface area contributed by atoms with E-state index >= 15 is 0 Å². The first-order valence-corrected chi connectivity index (χ1v) is 7.27. The number of aliphatic imine (C=N–C) groups is 1. The zero-order valence-corrected chi connectivity index (χ0v) is 12.7. The highest BCUT2D eigenvalue weighted by atomic mass is 16.5. The second-order valence-electron chi connectivity index (χ2n) is 5.32. The van der Waals surface area contributed by atoms with Gasteiger partial charge < -0.3 is 16.2 Å². The van der Waals surface area contributed by atoms with E-state index < -0.39 is 5.91 Å². The number of hydrogen-bond donors (Lipinski definition) is 2. The van der Waals surface area contributed by atoms with Gasteiger partial charge in [-0.05, 0) is 42.3 Å². The van der Waals surface area contributed by atoms with E-state index in [4.69, 9.17) is 16.2 Å². The van der Waals surface area contributed by atoms with Gasteiger partial charge in [0.2, 0.25) is 0 Å². The maximum Gasteiger partial charge on any atom is 0.280 e. The molecule has 0 aliphatic carbocycles. The van der Waals surface area contributed by atoms with Crippen LogP contribution in [0.3, 0.4) is 0 Å². The zero-order valence-electron chi connectivity index (χ0n) is 12.7. The van der Waals surface area contributed by atoms with E-state index in [0.29, 0.717) is 5.56 Å². The van der Waals surface area contributed by atoms with Gasteiger partial charge in [-0.2, -0.15) is 4.99 Å². The molecule has 1 aliphatic heterocycles. The van der Waals surface area contributed by atoms with Crippen LogP contribution in [0.25, 0.3) is 5.57 Å². The summed E-state index contributed by atoms with van der Waals surface area (Å²) in [7, 11) is 0. The van der Waals surface area contributed by atoms with Crippen LogP contribution >= 0.6 is 0 Å². The Kier molecular flexibility index (Phi) is 3.85. The Bertz CT molecular complexity index is 806. The molecule has 2 aromatic carbocycles. The first-order valence-electron chi connectivity index (χ1n) is 7.27. The summed E-state index contributed by atoms with van der Waals surface area (Å²) in [5.41, 5.74) is 13.9. The van der Waals surface area contributed by atoms with Gasteiger partial charge in [-0.1, -0.05) is 30.3 Å². The number of carbonyl (C=O) groups is 1. The van der Waals surface area contributed by atoms with Crippen LogP contribution in [0.4, 0.5) is 0 Å². The third kappa shape index (κ3) is 3.08. The number of fused-ring (bicyclic) bond motifs is 1. The molecule has 4 N–H and O–H groups in total. The van der Waals surface area contributed by atoms with Gasteiger partial charge in [-0.25, -0.2) is 0 Å². The largest absolute Gasteiger partial charge is 0.486 e. The summed E-state index contributed by atoms with van der Waals surface area (Å²) in [5, 5.41) is 0. The molecule has 0 saturated carbocycles. The van der Waals surface area contributed by atoms with E-state index in [9.17, 15) is 4.79 Å². The molecule has 1 unspecified atom stereocenters. The van der Waals surface area contributed by atoms with Crippen LogP contribution in [0.1, 0.15) is 28.4 Å². The van der Waals surface area contributed by atoms with Gasteiger partial charge in [0.25, 0.3) is 5.91 Å². The van der Waals surface area contributed by atoms with Crippen molar-refractivity contribution in [1.29, 1.82) is 0 Å². The van der Waals surface area contributed by atoms with E-state index in [0.717, 1.165) is 22.4 Å². The average Bonchev–Trinajstić information content (AvgIpc) is 2.53. The molecule has 1 amide bonds. The second kappa shape index (κ2) is 5.96. The summed E-state index contributed by atoms with van der Waals surface area (Å²) in [5.74, 6) is 0.00959. The summed E-state index contributed by atoms with van der Waals surface area (Å²) < 4.78 is 5.83. The Balaban J connectivity index is 2.09. The number of carbonyl (C=O) groups excluding carboxylic acids is 1. The summed E-state index contributed by atoms with van der Waals surface area (Å²) in [4.78, 5) is 15.6. The lowest BCUT2D eigenvalue weighted by atomic mass is 9.92. The molecule has 23 heavy (non-hydrogen) atoms. The first-order chi connectivity index (χ1) is 11.0. The van der Waals surface area contributed by atoms with Crippen LogP contribution in [0, 0.1) is 0 Å². The minimum absolute atomic E-state index is 0.0445. The quantitative estimate of drug-likeness (QED) is 0.658. The molecule has 1 atom stereocenters. The Morgan fingerprint density at radius 3 is 2.57 bits per heavy atom. The number of ether oxygens (including phenoxy) is 1. The summed E-state index contributed by atoms with van der Waals surface area (Å²) in [6.45, 7) is 1.98. The van der Waals surface area contributed by atoms with Crippen molar-refractivity contribution in [2.75, 3.05) is 0 Å². The van der Waals surface area contributed by atoms with Gasteiger partial charge in [0, 0.05) is 11.1 Å². The minimum atomic E-state index is -0.473. The van der Waals surface area contributed by atoms with E-state index in [1.54, 1.807) is 18.2 Å². The van der Waals surface area contributed by atoms with Gasteiger partial charge in [0.05, 0.1) is 0 Å². The van der Waals surface area contributed by atoms with Crippen molar-refractivity contribution in [2.24, 2.45) is 16.5 Å². The molecular formula is C18H17N3O2. The topological polar surface area (TPSA) is 90.7 Å². The molecule has 1 aliphatic rings. The van der Waals surface area contributed by atoms with Crippen molar-refractivity contribution in [3.63, 3.8) is 0 Å². The molecule has 0 saturated heterocycles. The molecule has 2 aromatic rings. The molecule has 3 rings (SSSR count). The van der Waals surface area contributed by atoms with Gasteiger partial charge in [0.1, 0.15) is 11.9 Å². The monoisotopic (exact) mass is 307 g/mol. The smallest absolute Gasteiger partial charge is 0.280 e. The number of benzene rings is 2. The molecule has 0 spiro atoms. The van der Waals surface area contributed by atoms with Crippen molar-refractivity contribution in [3.8, 4) is 5.75 Å². The molecule has 5 heteroatoms. The molecule has 0 fully saturated rings. The Morgan fingerprint density at radius 1 is 1.13 bits per heavy atom. The lowest BCUT2D eigenvalue weighted by molar-refractivity contribution is 0.100. The maximum absolute atomic E-state index is 12.0. The lowest BCUT2D eigenvalue weighted by Crippen LogP contribution is -2.24. The summed E-state index contributed by atoms with van der Waals surface area (Å²) in [6, 6.07) is 15.2. The fourth-order valence-corrected chi connectivity index (χ4v) is 2.59. The van der Waals surface area contributed by atoms with Crippen LogP contribution in [-0.4, -0.2) is 18.0 Å². The van der Waals surface area contributed by atoms with Crippen LogP contribution in [0.2, 0.25) is 0 Å². The van der Waals surface area contributed by atoms with Crippen molar-refractivity contribution >= 4 is 17.4 Å². The molecule has 116 valence electrons. The van der Waals surface area contributed by atoms with Crippen molar-refractivity contribution in [3.05, 3.63) is 71.3 Å². The number of guanidine groups is 1. The fraction of sp³-hybridized carbons (Fsp3) is 0.111. The van der Waals surface area contributed by atoms with E-state index in [-0.39, 0.29) is 12.1 Å². The first kappa shape index (κ1) is 14.8. The Labute approximate surface area is 134 Å². The van der Waals surface area contributed by atoms with Crippen molar-refractivity contribution in [1.82, 2.24) is 0 Å². The zero-order chi connectivity index (χ0) is 16.4. The van der Waals surface area contributed by atoms with Gasteiger partial charge >= 0.3 is 0 Å². The molecule has 0 radical (unpaired) electrons. The van der Waals surface area contributed by atoms with Gasteiger partial charge in [0.15, 0.2) is 5.96 Å². The fourth-order valence-electron chi connectivity index (χ4n) is 2.59. The average molecular weight is 307 g/mol. The third-order valence-corrected chi connectivity index (χ3v) is 3.55. The standard InChI is InChI=1S/C18H17N3O2/c1-11-9-14(12-5-3-2-4-6-12)15-10-13(7-8-16(15)23-11)17(22)21-18(19)20/h2-11H,1H3,(H4,19,20,21,22). The highest BCUT2D eigenvalue weighted by Crippen LogP contribution is 2.36. The van der Waals surface area contributed by atoms with E-state index in [2.05, 4.69) is 4.99 Å². The Morgan fingerprint density at radius 2 is 1.87 bits per heavy atom. The van der Waals surface area contributed by atoms with E-state index in [1.165, 1.54) is 0 Å². The van der Waals surface area contributed by atoms with Crippen LogP contribution in [-0.2, 0) is 0 Å². The highest BCUT2D eigenvalue weighted by Gasteiger charge is 2.20. The molecular weight excluding hydrogens is 290 g/mol. The molecule has 0 bridgehead atoms. The number of hydrogen-bond acceptors (Lipinski definition) is 2. The molecule has 5 nitrogen and oxygen atoms in total. The number of rotatable bonds is 2. The second-order valence-corrected chi connectivity index (χ2v) is 5.32. The van der Waals surface area contributed by atoms with Gasteiger partial charge in [-0.3, -0.25) is 4.79 Å². The van der Waals surface area contributed by atoms with Crippen molar-refractivity contribution in [2.45, 2.75) is 13.0 Å². The van der Waals surface area contributed by atoms with Gasteiger partial charge in [-0.15, -0.1) is 0 Å². The Hall–Kier alpha value is -3.08. The van der Waals surface area contributed by atoms with Crippen LogP contribution in [0.15, 0.2) is 59.6 Å².